The van der Waals surface area contributed by atoms with Crippen LogP contribution in [0.1, 0.15) is 39.7 Å². The van der Waals surface area contributed by atoms with E-state index in [0.29, 0.717) is 0 Å². The zero-order chi connectivity index (χ0) is 24.7. The molecule has 10 heteroatoms. The molecule has 3 amide bonds. The van der Waals surface area contributed by atoms with E-state index >= 15 is 0 Å². The molecule has 0 aliphatic rings. The number of benzene rings is 1. The monoisotopic (exact) mass is 459 g/mol. The SMILES string of the molecule is CC(C)CC(NC(=O)C(C)NC(=O)C(C)NC(=O)C(N)Cc1c[nH]c2ccccc12)C(=O)O. The Morgan fingerprint density at radius 3 is 2.12 bits per heavy atom. The van der Waals surface area contributed by atoms with Gasteiger partial charge in [-0.05, 0) is 44.2 Å². The highest BCUT2D eigenvalue weighted by Gasteiger charge is 2.27. The topological polar surface area (TPSA) is 166 Å². The average molecular weight is 460 g/mol. The highest BCUT2D eigenvalue weighted by molar-refractivity contribution is 5.94. The van der Waals surface area contributed by atoms with Crippen LogP contribution < -0.4 is 21.7 Å². The van der Waals surface area contributed by atoms with E-state index in [4.69, 9.17) is 5.73 Å². The lowest BCUT2D eigenvalue weighted by Crippen LogP contribution is -2.55. The molecule has 0 aliphatic heterocycles. The van der Waals surface area contributed by atoms with Crippen molar-refractivity contribution in [1.29, 1.82) is 0 Å². The lowest BCUT2D eigenvalue weighted by molar-refractivity contribution is -0.142. The fraction of sp³-hybridized carbons (Fsp3) is 0.478. The number of H-pyrrole nitrogens is 1. The van der Waals surface area contributed by atoms with Gasteiger partial charge in [0.2, 0.25) is 17.7 Å². The van der Waals surface area contributed by atoms with Crippen molar-refractivity contribution in [3.63, 3.8) is 0 Å². The van der Waals surface area contributed by atoms with Crippen LogP contribution in [0.5, 0.6) is 0 Å². The zero-order valence-electron chi connectivity index (χ0n) is 19.3. The van der Waals surface area contributed by atoms with Gasteiger partial charge in [-0.25, -0.2) is 4.79 Å². The minimum absolute atomic E-state index is 0.0694. The van der Waals surface area contributed by atoms with Crippen LogP contribution in [0.2, 0.25) is 0 Å². The van der Waals surface area contributed by atoms with Crippen LogP contribution in [0.25, 0.3) is 10.9 Å². The van der Waals surface area contributed by atoms with Gasteiger partial charge in [-0.1, -0.05) is 32.0 Å². The minimum atomic E-state index is -1.14. The normalized spacial score (nSPS) is 14.8. The summed E-state index contributed by atoms with van der Waals surface area (Å²) in [5.41, 5.74) is 7.88. The molecule has 180 valence electrons. The fourth-order valence-electron chi connectivity index (χ4n) is 3.41. The number of nitrogens with one attached hydrogen (secondary N) is 4. The average Bonchev–Trinajstić information content (AvgIpc) is 3.15. The number of carboxylic acids is 1. The number of carbonyl (C=O) groups excluding carboxylic acids is 3. The quantitative estimate of drug-likeness (QED) is 0.289. The summed E-state index contributed by atoms with van der Waals surface area (Å²) < 4.78 is 0. The van der Waals surface area contributed by atoms with Gasteiger partial charge >= 0.3 is 5.97 Å². The van der Waals surface area contributed by atoms with E-state index in [1.807, 2.05) is 38.1 Å². The van der Waals surface area contributed by atoms with E-state index in [1.165, 1.54) is 13.8 Å². The Balaban J connectivity index is 1.87. The van der Waals surface area contributed by atoms with Gasteiger partial charge in [0, 0.05) is 17.1 Å². The van der Waals surface area contributed by atoms with Crippen molar-refractivity contribution in [2.75, 3.05) is 0 Å². The van der Waals surface area contributed by atoms with Crippen LogP contribution in [0.4, 0.5) is 0 Å². The predicted molar refractivity (Wildman–Crippen MR) is 124 cm³/mol. The molecule has 4 atom stereocenters. The number of hydrogen-bond acceptors (Lipinski definition) is 5. The third-order valence-corrected chi connectivity index (χ3v) is 5.28. The van der Waals surface area contributed by atoms with Crippen molar-refractivity contribution in [3.05, 3.63) is 36.0 Å². The van der Waals surface area contributed by atoms with E-state index < -0.39 is 47.9 Å². The summed E-state index contributed by atoms with van der Waals surface area (Å²) >= 11 is 0. The summed E-state index contributed by atoms with van der Waals surface area (Å²) in [5, 5.41) is 17.7. The van der Waals surface area contributed by atoms with Crippen LogP contribution in [-0.4, -0.2) is 57.9 Å². The first-order valence-corrected chi connectivity index (χ1v) is 10.9. The second-order valence-corrected chi connectivity index (χ2v) is 8.66. The number of carbonyl (C=O) groups is 4. The van der Waals surface area contributed by atoms with Gasteiger partial charge < -0.3 is 31.8 Å². The van der Waals surface area contributed by atoms with Gasteiger partial charge in [-0.15, -0.1) is 0 Å². The highest BCUT2D eigenvalue weighted by Crippen LogP contribution is 2.18. The molecule has 1 aromatic heterocycles. The third kappa shape index (κ3) is 7.31. The summed E-state index contributed by atoms with van der Waals surface area (Å²) in [6.45, 7) is 6.62. The van der Waals surface area contributed by atoms with Gasteiger partial charge in [-0.2, -0.15) is 0 Å². The van der Waals surface area contributed by atoms with Crippen LogP contribution in [0.15, 0.2) is 30.5 Å². The van der Waals surface area contributed by atoms with Crippen molar-refractivity contribution in [1.82, 2.24) is 20.9 Å². The maximum atomic E-state index is 12.5. The smallest absolute Gasteiger partial charge is 0.326 e. The van der Waals surface area contributed by atoms with E-state index in [0.717, 1.165) is 16.5 Å². The summed E-state index contributed by atoms with van der Waals surface area (Å²) in [6.07, 6.45) is 2.36. The maximum absolute atomic E-state index is 12.5. The molecule has 0 aliphatic carbocycles. The molecule has 1 heterocycles. The Morgan fingerprint density at radius 2 is 1.52 bits per heavy atom. The number of hydrogen-bond donors (Lipinski definition) is 6. The minimum Gasteiger partial charge on any atom is -0.480 e. The number of aromatic amines is 1. The summed E-state index contributed by atoms with van der Waals surface area (Å²) in [4.78, 5) is 51.7. The Kier molecular flexibility index (Phi) is 8.98. The molecule has 33 heavy (non-hydrogen) atoms. The summed E-state index contributed by atoms with van der Waals surface area (Å²) in [7, 11) is 0. The third-order valence-electron chi connectivity index (χ3n) is 5.28. The molecule has 1 aromatic carbocycles. The van der Waals surface area contributed by atoms with E-state index in [1.54, 1.807) is 6.20 Å². The van der Waals surface area contributed by atoms with Crippen molar-refractivity contribution < 1.29 is 24.3 Å². The van der Waals surface area contributed by atoms with Crippen LogP contribution in [0.3, 0.4) is 0 Å². The zero-order valence-corrected chi connectivity index (χ0v) is 19.3. The molecule has 0 fully saturated rings. The van der Waals surface area contributed by atoms with E-state index in [-0.39, 0.29) is 18.8 Å². The number of carboxylic acid groups (broad SMARTS) is 1. The molecule has 2 rings (SSSR count). The second kappa shape index (κ2) is 11.5. The summed E-state index contributed by atoms with van der Waals surface area (Å²) in [5.74, 6) is -2.77. The van der Waals surface area contributed by atoms with Crippen LogP contribution >= 0.6 is 0 Å². The number of para-hydroxylation sites is 1. The molecule has 0 saturated carbocycles. The van der Waals surface area contributed by atoms with E-state index in [9.17, 15) is 24.3 Å². The molecule has 0 saturated heterocycles. The largest absolute Gasteiger partial charge is 0.480 e. The fourth-order valence-corrected chi connectivity index (χ4v) is 3.41. The number of aromatic nitrogens is 1. The molecule has 7 N–H and O–H groups in total. The lowest BCUT2D eigenvalue weighted by atomic mass is 10.0. The molecule has 10 nitrogen and oxygen atoms in total. The molecule has 0 bridgehead atoms. The van der Waals surface area contributed by atoms with Crippen molar-refractivity contribution in [2.45, 2.75) is 64.7 Å². The highest BCUT2D eigenvalue weighted by atomic mass is 16.4. The number of aliphatic carboxylic acids is 1. The molecular weight excluding hydrogens is 426 g/mol. The van der Waals surface area contributed by atoms with Gasteiger partial charge in [0.1, 0.15) is 18.1 Å². The maximum Gasteiger partial charge on any atom is 0.326 e. The van der Waals surface area contributed by atoms with Crippen LogP contribution in [0, 0.1) is 5.92 Å². The number of nitrogens with two attached hydrogens (primary N) is 1. The number of amides is 3. The first kappa shape index (κ1) is 25.9. The van der Waals surface area contributed by atoms with Gasteiger partial charge in [0.05, 0.1) is 6.04 Å². The molecule has 0 spiro atoms. The molecular formula is C23H33N5O5. The molecule has 2 aromatic rings. The van der Waals surface area contributed by atoms with E-state index in [2.05, 4.69) is 20.9 Å². The molecule has 0 radical (unpaired) electrons. The second-order valence-electron chi connectivity index (χ2n) is 8.66. The van der Waals surface area contributed by atoms with Crippen molar-refractivity contribution in [3.8, 4) is 0 Å². The lowest BCUT2D eigenvalue weighted by Gasteiger charge is -2.22. The first-order chi connectivity index (χ1) is 15.5. The number of rotatable bonds is 11. The Labute approximate surface area is 192 Å². The van der Waals surface area contributed by atoms with Gasteiger partial charge in [0.25, 0.3) is 0 Å². The first-order valence-electron chi connectivity index (χ1n) is 10.9. The standard InChI is InChI=1S/C23H33N5O5/c1-12(2)9-19(23(32)33)28-21(30)14(4)26-20(29)13(3)27-22(31)17(24)10-15-11-25-18-8-6-5-7-16(15)18/h5-8,11-14,17,19,25H,9-10,24H2,1-4H3,(H,26,29)(H,27,31)(H,28,30)(H,32,33). The molecule has 4 unspecified atom stereocenters. The van der Waals surface area contributed by atoms with Gasteiger partial charge in [-0.3, -0.25) is 14.4 Å². The number of fused-ring (bicyclic) bond motifs is 1. The Morgan fingerprint density at radius 1 is 0.939 bits per heavy atom. The Hall–Kier alpha value is -3.40. The van der Waals surface area contributed by atoms with Crippen LogP contribution in [-0.2, 0) is 25.6 Å². The van der Waals surface area contributed by atoms with Crippen molar-refractivity contribution >= 4 is 34.6 Å². The van der Waals surface area contributed by atoms with Gasteiger partial charge in [0.15, 0.2) is 0 Å². The predicted octanol–water partition coefficient (Wildman–Crippen LogP) is 0.663. The van der Waals surface area contributed by atoms with Crippen molar-refractivity contribution in [2.24, 2.45) is 11.7 Å². The summed E-state index contributed by atoms with van der Waals surface area (Å²) in [6, 6.07) is 3.84. The Bertz CT molecular complexity index is 1000.